The van der Waals surface area contributed by atoms with Crippen molar-refractivity contribution in [3.8, 4) is 0 Å². The van der Waals surface area contributed by atoms with Crippen LogP contribution < -0.4 is 5.73 Å². The zero-order valence-corrected chi connectivity index (χ0v) is 12.7. The van der Waals surface area contributed by atoms with Crippen LogP contribution in [-0.4, -0.2) is 37.2 Å². The molecule has 1 saturated heterocycles. The Kier molecular flexibility index (Phi) is 5.10. The molecule has 1 heterocycles. The molecule has 0 saturated carbocycles. The molecule has 2 rings (SSSR count). The molecule has 0 bridgehead atoms. The molecule has 0 spiro atoms. The number of guanidine groups is 1. The lowest BCUT2D eigenvalue weighted by atomic mass is 10.1. The average Bonchev–Trinajstić information content (AvgIpc) is 2.45. The van der Waals surface area contributed by atoms with Gasteiger partial charge in [-0.3, -0.25) is 0 Å². The van der Waals surface area contributed by atoms with Gasteiger partial charge in [-0.2, -0.15) is 13.2 Å². The third-order valence-electron chi connectivity index (χ3n) is 3.12. The molecule has 4 nitrogen and oxygen atoms in total. The largest absolute Gasteiger partial charge is 0.416 e. The summed E-state index contributed by atoms with van der Waals surface area (Å²) in [6.07, 6.45) is -4.41. The van der Waals surface area contributed by atoms with Crippen molar-refractivity contribution in [2.24, 2.45) is 10.7 Å². The number of hydrogen-bond acceptors (Lipinski definition) is 2. The molecule has 0 aliphatic carbocycles. The Labute approximate surface area is 128 Å². The summed E-state index contributed by atoms with van der Waals surface area (Å²) in [7, 11) is 0. The second kappa shape index (κ2) is 6.65. The van der Waals surface area contributed by atoms with E-state index in [2.05, 4.69) is 20.9 Å². The summed E-state index contributed by atoms with van der Waals surface area (Å²) in [5.74, 6) is 0.245. The molecule has 1 aliphatic rings. The zero-order valence-electron chi connectivity index (χ0n) is 11.2. The van der Waals surface area contributed by atoms with E-state index in [1.807, 2.05) is 0 Å². The number of halogens is 4. The molecule has 1 aromatic rings. The smallest absolute Gasteiger partial charge is 0.378 e. The minimum Gasteiger partial charge on any atom is -0.378 e. The van der Waals surface area contributed by atoms with Crippen molar-refractivity contribution in [3.63, 3.8) is 0 Å². The van der Waals surface area contributed by atoms with Crippen LogP contribution in [-0.2, 0) is 17.5 Å². The number of rotatable bonds is 2. The molecule has 8 heteroatoms. The Bertz CT molecular complexity index is 528. The van der Waals surface area contributed by atoms with E-state index in [1.165, 1.54) is 6.07 Å². The van der Waals surface area contributed by atoms with Gasteiger partial charge in [0.05, 0.1) is 25.3 Å². The number of morpholine rings is 1. The van der Waals surface area contributed by atoms with Crippen LogP contribution in [0.5, 0.6) is 0 Å². The van der Waals surface area contributed by atoms with Gasteiger partial charge in [-0.15, -0.1) is 0 Å². The molecular weight excluding hydrogens is 351 g/mol. The monoisotopic (exact) mass is 365 g/mol. The average molecular weight is 366 g/mol. The van der Waals surface area contributed by atoms with Crippen molar-refractivity contribution in [2.75, 3.05) is 26.3 Å². The maximum atomic E-state index is 13.0. The fourth-order valence-electron chi connectivity index (χ4n) is 2.01. The van der Waals surface area contributed by atoms with Crippen LogP contribution >= 0.6 is 15.9 Å². The van der Waals surface area contributed by atoms with Crippen LogP contribution in [0.3, 0.4) is 0 Å². The van der Waals surface area contributed by atoms with Gasteiger partial charge < -0.3 is 15.4 Å². The zero-order chi connectivity index (χ0) is 15.5. The fraction of sp³-hybridized carbons (Fsp3) is 0.462. The van der Waals surface area contributed by atoms with Crippen molar-refractivity contribution in [1.82, 2.24) is 4.90 Å². The normalized spacial score (nSPS) is 17.1. The molecule has 21 heavy (non-hydrogen) atoms. The van der Waals surface area contributed by atoms with Gasteiger partial charge in [0.15, 0.2) is 5.96 Å². The van der Waals surface area contributed by atoms with Gasteiger partial charge in [-0.05, 0) is 17.7 Å². The highest BCUT2D eigenvalue weighted by molar-refractivity contribution is 9.10. The Balaban J connectivity index is 2.15. The predicted octanol–water partition coefficient (Wildman–Crippen LogP) is 2.61. The number of ether oxygens (including phenoxy) is 1. The first-order valence-corrected chi connectivity index (χ1v) is 7.15. The molecule has 0 aromatic heterocycles. The number of alkyl halides is 3. The second-order valence-corrected chi connectivity index (χ2v) is 5.49. The van der Waals surface area contributed by atoms with Crippen LogP contribution in [0, 0.1) is 0 Å². The predicted molar refractivity (Wildman–Crippen MR) is 76.9 cm³/mol. The third-order valence-corrected chi connectivity index (χ3v) is 3.62. The second-order valence-electron chi connectivity index (χ2n) is 4.57. The molecule has 1 aliphatic heterocycles. The quantitative estimate of drug-likeness (QED) is 0.647. The topological polar surface area (TPSA) is 50.8 Å². The highest BCUT2D eigenvalue weighted by atomic mass is 79.9. The van der Waals surface area contributed by atoms with E-state index in [0.29, 0.717) is 30.8 Å². The van der Waals surface area contributed by atoms with Gasteiger partial charge in [0, 0.05) is 17.6 Å². The van der Waals surface area contributed by atoms with Gasteiger partial charge >= 0.3 is 6.18 Å². The molecule has 1 fully saturated rings. The van der Waals surface area contributed by atoms with Gasteiger partial charge in [0.1, 0.15) is 0 Å². The number of nitrogens with two attached hydrogens (primary N) is 1. The van der Waals surface area contributed by atoms with Crippen molar-refractivity contribution in [1.29, 1.82) is 0 Å². The van der Waals surface area contributed by atoms with Gasteiger partial charge in [0.2, 0.25) is 0 Å². The highest BCUT2D eigenvalue weighted by Crippen LogP contribution is 2.34. The lowest BCUT2D eigenvalue weighted by Gasteiger charge is -2.27. The molecule has 0 atom stereocenters. The Morgan fingerprint density at radius 3 is 2.62 bits per heavy atom. The summed E-state index contributed by atoms with van der Waals surface area (Å²) in [5.41, 5.74) is 5.22. The maximum Gasteiger partial charge on any atom is 0.416 e. The Hall–Kier alpha value is -1.28. The number of benzene rings is 1. The molecule has 1 aromatic carbocycles. The van der Waals surface area contributed by atoms with Gasteiger partial charge in [-0.25, -0.2) is 4.99 Å². The summed E-state index contributed by atoms with van der Waals surface area (Å²) in [4.78, 5) is 5.87. The molecule has 2 N–H and O–H groups in total. The molecule has 116 valence electrons. The van der Waals surface area contributed by atoms with Crippen molar-refractivity contribution < 1.29 is 17.9 Å². The van der Waals surface area contributed by atoms with Gasteiger partial charge in [-0.1, -0.05) is 22.0 Å². The van der Waals surface area contributed by atoms with Crippen molar-refractivity contribution in [3.05, 3.63) is 33.8 Å². The number of aliphatic imine (C=N–C) groups is 1. The van der Waals surface area contributed by atoms with E-state index >= 15 is 0 Å². The Morgan fingerprint density at radius 1 is 1.33 bits per heavy atom. The SMILES string of the molecule is NC(=NCc1ccc(Br)cc1C(F)(F)F)N1CCOCC1. The first kappa shape index (κ1) is 16.1. The van der Waals surface area contributed by atoms with Crippen molar-refractivity contribution >= 4 is 21.9 Å². The first-order valence-electron chi connectivity index (χ1n) is 6.36. The van der Waals surface area contributed by atoms with E-state index in [4.69, 9.17) is 10.5 Å². The number of hydrogen-bond donors (Lipinski definition) is 1. The number of nitrogens with zero attached hydrogens (tertiary/aromatic N) is 2. The minimum atomic E-state index is -4.41. The van der Waals surface area contributed by atoms with E-state index in [0.717, 1.165) is 6.07 Å². The lowest BCUT2D eigenvalue weighted by Crippen LogP contribution is -2.44. The van der Waals surface area contributed by atoms with E-state index in [1.54, 1.807) is 11.0 Å². The highest BCUT2D eigenvalue weighted by Gasteiger charge is 2.33. The minimum absolute atomic E-state index is 0.0990. The van der Waals surface area contributed by atoms with Crippen LogP contribution in [0.15, 0.2) is 27.7 Å². The van der Waals surface area contributed by atoms with Crippen LogP contribution in [0.4, 0.5) is 13.2 Å². The van der Waals surface area contributed by atoms with E-state index in [-0.39, 0.29) is 18.1 Å². The molecule has 0 radical (unpaired) electrons. The summed E-state index contributed by atoms with van der Waals surface area (Å²) < 4.78 is 44.5. The lowest BCUT2D eigenvalue weighted by molar-refractivity contribution is -0.138. The Morgan fingerprint density at radius 2 is 2.00 bits per heavy atom. The molecule has 0 unspecified atom stereocenters. The van der Waals surface area contributed by atoms with Crippen LogP contribution in [0.25, 0.3) is 0 Å². The summed E-state index contributed by atoms with van der Waals surface area (Å²) in [6, 6.07) is 4.02. The maximum absolute atomic E-state index is 13.0. The summed E-state index contributed by atoms with van der Waals surface area (Å²) >= 11 is 3.05. The molecule has 0 amide bonds. The van der Waals surface area contributed by atoms with Gasteiger partial charge in [0.25, 0.3) is 0 Å². The van der Waals surface area contributed by atoms with Crippen LogP contribution in [0.1, 0.15) is 11.1 Å². The summed E-state index contributed by atoms with van der Waals surface area (Å²) in [6.45, 7) is 2.18. The summed E-state index contributed by atoms with van der Waals surface area (Å²) in [5, 5.41) is 0. The third kappa shape index (κ3) is 4.34. The van der Waals surface area contributed by atoms with Crippen molar-refractivity contribution in [2.45, 2.75) is 12.7 Å². The van der Waals surface area contributed by atoms with Crippen LogP contribution in [0.2, 0.25) is 0 Å². The standard InChI is InChI=1S/C13H15BrF3N3O/c14-10-2-1-9(11(7-10)13(15,16)17)8-19-12(18)20-3-5-21-6-4-20/h1-2,7H,3-6,8H2,(H2,18,19). The van der Waals surface area contributed by atoms with E-state index in [9.17, 15) is 13.2 Å². The van der Waals surface area contributed by atoms with E-state index < -0.39 is 11.7 Å². The fourth-order valence-corrected chi connectivity index (χ4v) is 2.37. The molecular formula is C13H15BrF3N3O. The first-order chi connectivity index (χ1) is 9.88.